The van der Waals surface area contributed by atoms with Gasteiger partial charge in [-0.15, -0.1) is 0 Å². The maximum Gasteiger partial charge on any atom is 0.295 e. The van der Waals surface area contributed by atoms with Crippen molar-refractivity contribution in [2.45, 2.75) is 40.7 Å². The van der Waals surface area contributed by atoms with E-state index in [4.69, 9.17) is 14.2 Å². The number of carbonyl (C=O) groups excluding carboxylic acids is 2. The SMILES string of the molecule is CC[NH+](CC)CCN1C(=O)C(=O)C(=C([O-])c2ccc(OCC(C)C)cc2C)C1c1ccc(OC)c(OC)c1. The van der Waals surface area contributed by atoms with Gasteiger partial charge in [0.15, 0.2) is 11.5 Å². The Bertz CT molecular complexity index is 1190. The van der Waals surface area contributed by atoms with Crippen LogP contribution in [0.3, 0.4) is 0 Å². The molecule has 2 aromatic carbocycles. The van der Waals surface area contributed by atoms with Gasteiger partial charge in [0.05, 0.1) is 53.0 Å². The normalized spacial score (nSPS) is 17.0. The maximum absolute atomic E-state index is 13.9. The van der Waals surface area contributed by atoms with E-state index >= 15 is 0 Å². The molecule has 0 spiro atoms. The molecule has 1 saturated heterocycles. The van der Waals surface area contributed by atoms with E-state index in [-0.39, 0.29) is 5.57 Å². The number of carbonyl (C=O) groups is 2. The molecule has 38 heavy (non-hydrogen) atoms. The van der Waals surface area contributed by atoms with Crippen LogP contribution in [0.25, 0.3) is 5.76 Å². The van der Waals surface area contributed by atoms with Gasteiger partial charge >= 0.3 is 0 Å². The standard InChI is InChI=1S/C30H40N2O6/c1-8-31(9-2)14-15-32-27(21-10-13-24(36-6)25(17-21)37-7)26(29(34)30(32)35)28(33)23-12-11-22(16-20(23)5)38-18-19(3)4/h10-13,16-17,19,27,33H,8-9,14-15,18H2,1-7H3. The third-order valence-electron chi connectivity index (χ3n) is 6.98. The number of benzene rings is 2. The van der Waals surface area contributed by atoms with Gasteiger partial charge in [-0.25, -0.2) is 0 Å². The van der Waals surface area contributed by atoms with E-state index in [1.807, 2.05) is 6.92 Å². The number of nitrogens with one attached hydrogen (secondary N) is 1. The van der Waals surface area contributed by atoms with Crippen LogP contribution in [0.15, 0.2) is 42.0 Å². The zero-order valence-corrected chi connectivity index (χ0v) is 23.6. The number of aryl methyl sites for hydroxylation is 1. The summed E-state index contributed by atoms with van der Waals surface area (Å²) < 4.78 is 16.7. The van der Waals surface area contributed by atoms with Crippen molar-refractivity contribution >= 4 is 17.4 Å². The zero-order valence-electron chi connectivity index (χ0n) is 23.6. The molecule has 1 atom stereocenters. The minimum Gasteiger partial charge on any atom is -0.872 e. The molecular formula is C30H40N2O6. The van der Waals surface area contributed by atoms with Gasteiger partial charge in [0.25, 0.3) is 5.91 Å². The highest BCUT2D eigenvalue weighted by Crippen LogP contribution is 2.41. The first kappa shape index (κ1) is 29.0. The van der Waals surface area contributed by atoms with Crippen LogP contribution in [0.1, 0.15) is 50.4 Å². The average Bonchev–Trinajstić information content (AvgIpc) is 3.16. The molecule has 0 saturated carbocycles. The van der Waals surface area contributed by atoms with Crippen molar-refractivity contribution in [1.82, 2.24) is 4.90 Å². The van der Waals surface area contributed by atoms with Crippen molar-refractivity contribution in [1.29, 1.82) is 0 Å². The van der Waals surface area contributed by atoms with Gasteiger partial charge in [0.2, 0.25) is 5.78 Å². The molecule has 1 aliphatic heterocycles. The first-order valence-electron chi connectivity index (χ1n) is 13.2. The Balaban J connectivity index is 2.12. The smallest absolute Gasteiger partial charge is 0.295 e. The molecule has 2 aromatic rings. The van der Waals surface area contributed by atoms with Gasteiger partial charge in [0.1, 0.15) is 5.75 Å². The predicted molar refractivity (Wildman–Crippen MR) is 144 cm³/mol. The minimum absolute atomic E-state index is 0.0456. The van der Waals surface area contributed by atoms with Gasteiger partial charge in [-0.2, -0.15) is 0 Å². The average molecular weight is 525 g/mol. The number of methoxy groups -OCH3 is 2. The maximum atomic E-state index is 13.9. The van der Waals surface area contributed by atoms with Gasteiger partial charge in [0, 0.05) is 5.57 Å². The number of nitrogens with zero attached hydrogens (tertiary/aromatic N) is 1. The van der Waals surface area contributed by atoms with Crippen LogP contribution in [-0.2, 0) is 9.59 Å². The van der Waals surface area contributed by atoms with Crippen molar-refractivity contribution in [3.63, 3.8) is 0 Å². The Labute approximate surface area is 225 Å². The van der Waals surface area contributed by atoms with Gasteiger partial charge < -0.3 is 29.1 Å². The molecule has 0 aliphatic carbocycles. The Kier molecular flexibility index (Phi) is 9.80. The summed E-state index contributed by atoms with van der Waals surface area (Å²) in [4.78, 5) is 29.5. The zero-order chi connectivity index (χ0) is 28.0. The number of Topliss-reactive ketones (excluding diaryl/α,β-unsaturated/α-hetero) is 1. The van der Waals surface area contributed by atoms with Crippen LogP contribution >= 0.6 is 0 Å². The number of ether oxygens (including phenoxy) is 3. The Morgan fingerprint density at radius 1 is 1.03 bits per heavy atom. The number of likely N-dealkylation sites (N-methyl/N-ethyl adjacent to an activating group) is 1. The van der Waals surface area contributed by atoms with Crippen LogP contribution < -0.4 is 24.2 Å². The number of hydrogen-bond acceptors (Lipinski definition) is 6. The molecule has 0 bridgehead atoms. The molecule has 1 heterocycles. The molecular weight excluding hydrogens is 484 g/mol. The van der Waals surface area contributed by atoms with Gasteiger partial charge in [-0.3, -0.25) is 9.59 Å². The van der Waals surface area contributed by atoms with Crippen LogP contribution in [0.4, 0.5) is 0 Å². The molecule has 8 heteroatoms. The fraction of sp³-hybridized carbons (Fsp3) is 0.467. The van der Waals surface area contributed by atoms with Crippen LogP contribution in [0.5, 0.6) is 17.2 Å². The lowest BCUT2D eigenvalue weighted by Gasteiger charge is -2.29. The summed E-state index contributed by atoms with van der Waals surface area (Å²) in [5.74, 6) is 0.131. The Morgan fingerprint density at radius 2 is 1.71 bits per heavy atom. The van der Waals surface area contributed by atoms with E-state index in [0.717, 1.165) is 13.1 Å². The monoisotopic (exact) mass is 524 g/mol. The van der Waals surface area contributed by atoms with Crippen molar-refractivity contribution in [2.75, 3.05) is 47.0 Å². The molecule has 1 fully saturated rings. The lowest BCUT2D eigenvalue weighted by atomic mass is 9.93. The van der Waals surface area contributed by atoms with Crippen molar-refractivity contribution in [3.05, 3.63) is 58.7 Å². The fourth-order valence-corrected chi connectivity index (χ4v) is 4.74. The molecule has 0 aromatic heterocycles. The number of likely N-dealkylation sites (tertiary alicyclic amines) is 1. The second-order valence-corrected chi connectivity index (χ2v) is 9.98. The van der Waals surface area contributed by atoms with Crippen LogP contribution in [0, 0.1) is 12.8 Å². The first-order chi connectivity index (χ1) is 18.2. The summed E-state index contributed by atoms with van der Waals surface area (Å²) >= 11 is 0. The summed E-state index contributed by atoms with van der Waals surface area (Å²) in [6.45, 7) is 13.5. The van der Waals surface area contributed by atoms with E-state index in [1.54, 1.807) is 36.4 Å². The number of rotatable bonds is 12. The number of hydrogen-bond donors (Lipinski definition) is 1. The summed E-state index contributed by atoms with van der Waals surface area (Å²) in [7, 11) is 3.06. The van der Waals surface area contributed by atoms with E-state index in [0.29, 0.717) is 59.6 Å². The topological polar surface area (TPSA) is 92.6 Å². The van der Waals surface area contributed by atoms with Crippen molar-refractivity contribution in [2.24, 2.45) is 5.92 Å². The van der Waals surface area contributed by atoms with E-state index < -0.39 is 23.5 Å². The molecule has 0 radical (unpaired) electrons. The van der Waals surface area contributed by atoms with Gasteiger partial charge in [-0.1, -0.05) is 31.7 Å². The molecule has 8 nitrogen and oxygen atoms in total. The van der Waals surface area contributed by atoms with E-state index in [1.165, 1.54) is 24.0 Å². The fourth-order valence-electron chi connectivity index (χ4n) is 4.74. The lowest BCUT2D eigenvalue weighted by molar-refractivity contribution is -0.895. The molecule has 1 amide bonds. The third kappa shape index (κ3) is 6.13. The van der Waals surface area contributed by atoms with Crippen molar-refractivity contribution < 1.29 is 33.8 Å². The summed E-state index contributed by atoms with van der Waals surface area (Å²) in [6, 6.07) is 9.61. The molecule has 1 unspecified atom stereocenters. The largest absolute Gasteiger partial charge is 0.872 e. The predicted octanol–water partition coefficient (Wildman–Crippen LogP) is 2.20. The first-order valence-corrected chi connectivity index (χ1v) is 13.2. The number of quaternary nitrogens is 1. The highest BCUT2D eigenvalue weighted by molar-refractivity contribution is 6.46. The van der Waals surface area contributed by atoms with E-state index in [2.05, 4.69) is 27.7 Å². The van der Waals surface area contributed by atoms with Gasteiger partial charge in [-0.05, 0) is 67.6 Å². The molecule has 1 aliphatic rings. The third-order valence-corrected chi connectivity index (χ3v) is 6.98. The van der Waals surface area contributed by atoms with Crippen LogP contribution in [0.2, 0.25) is 0 Å². The summed E-state index contributed by atoms with van der Waals surface area (Å²) in [6.07, 6.45) is 0. The second-order valence-electron chi connectivity index (χ2n) is 9.98. The summed E-state index contributed by atoms with van der Waals surface area (Å²) in [5.41, 5.74) is 1.63. The van der Waals surface area contributed by atoms with E-state index in [9.17, 15) is 14.7 Å². The number of ketones is 1. The minimum atomic E-state index is -0.825. The Morgan fingerprint density at radius 3 is 2.29 bits per heavy atom. The highest BCUT2D eigenvalue weighted by Gasteiger charge is 2.44. The van der Waals surface area contributed by atoms with Crippen LogP contribution in [-0.4, -0.2) is 63.6 Å². The van der Waals surface area contributed by atoms with Crippen molar-refractivity contribution in [3.8, 4) is 17.2 Å². The quantitative estimate of drug-likeness (QED) is 0.260. The second kappa shape index (κ2) is 12.8. The molecule has 1 N–H and O–H groups in total. The Hall–Kier alpha value is -3.52. The molecule has 206 valence electrons. The molecule has 3 rings (SSSR count). The number of amides is 1. The highest BCUT2D eigenvalue weighted by atomic mass is 16.5. The summed E-state index contributed by atoms with van der Waals surface area (Å²) in [5, 5.41) is 13.9. The lowest BCUT2D eigenvalue weighted by Crippen LogP contribution is -3.12.